The second-order valence-corrected chi connectivity index (χ2v) is 20.0. The van der Waals surface area contributed by atoms with Gasteiger partial charge in [-0.25, -0.2) is 0 Å². The van der Waals surface area contributed by atoms with Gasteiger partial charge in [-0.2, -0.15) is 33.7 Å². The van der Waals surface area contributed by atoms with E-state index in [1.165, 1.54) is 90.8 Å². The van der Waals surface area contributed by atoms with Crippen LogP contribution < -0.4 is 10.7 Å². The summed E-state index contributed by atoms with van der Waals surface area (Å²) >= 11 is 0. The quantitative estimate of drug-likeness (QED) is 0.0522. The average molecular weight is 958 g/mol. The highest BCUT2D eigenvalue weighted by Gasteiger charge is 2.28. The number of nitrogens with one attached hydrogen (secondary N) is 1. The van der Waals surface area contributed by atoms with Crippen LogP contribution in [-0.4, -0.2) is 100 Å². The fourth-order valence-corrected chi connectivity index (χ4v) is 9.16. The highest BCUT2D eigenvalue weighted by atomic mass is 32.2. The van der Waals surface area contributed by atoms with Crippen molar-refractivity contribution in [1.82, 2.24) is 4.90 Å². The summed E-state index contributed by atoms with van der Waals surface area (Å²) in [5.41, 5.74) is 1.07. The van der Waals surface area contributed by atoms with Crippen LogP contribution in [0.25, 0.3) is 33.4 Å². The Balaban J connectivity index is 1.55. The van der Waals surface area contributed by atoms with Crippen LogP contribution in [0, 0.1) is 0 Å². The molecule has 0 saturated heterocycles. The van der Waals surface area contributed by atoms with Crippen molar-refractivity contribution in [2.24, 2.45) is 4.99 Å². The van der Waals surface area contributed by atoms with E-state index in [1.807, 2.05) is 0 Å². The number of carboxylic acids is 1. The van der Waals surface area contributed by atoms with E-state index in [0.29, 0.717) is 11.1 Å². The summed E-state index contributed by atoms with van der Waals surface area (Å²) < 4.78 is 144. The molecule has 0 saturated carbocycles. The predicted molar refractivity (Wildman–Crippen MR) is 231 cm³/mol. The summed E-state index contributed by atoms with van der Waals surface area (Å²) in [4.78, 5) is 28.8. The lowest BCUT2D eigenvalue weighted by Gasteiger charge is -2.22. The number of nitrogens with zero attached hydrogens (tertiary/aromatic N) is 2. The lowest BCUT2D eigenvalue weighted by molar-refractivity contribution is -0.137. The van der Waals surface area contributed by atoms with Crippen molar-refractivity contribution in [3.8, 4) is 22.5 Å². The number of hydrogen-bond acceptors (Lipinski definition) is 13. The molecule has 1 aliphatic carbocycles. The van der Waals surface area contributed by atoms with Gasteiger partial charge in [0.15, 0.2) is 0 Å². The molecule has 4 aromatic carbocycles. The van der Waals surface area contributed by atoms with E-state index in [9.17, 15) is 61.5 Å². The maximum atomic E-state index is 14.0. The molecule has 64 heavy (non-hydrogen) atoms. The Labute approximate surface area is 367 Å². The molecule has 0 unspecified atom stereocenters. The fraction of sp³-hybridized carbons (Fsp3) is 0.195. The minimum absolute atomic E-state index is 0.0184. The zero-order chi connectivity index (χ0) is 46.8. The number of rotatable bonds is 17. The average Bonchev–Trinajstić information content (AvgIpc) is 3.21. The first-order valence-electron chi connectivity index (χ1n) is 18.9. The van der Waals surface area contributed by atoms with E-state index < -0.39 is 62.1 Å². The van der Waals surface area contributed by atoms with Gasteiger partial charge in [0, 0.05) is 67.3 Å². The highest BCUT2D eigenvalue weighted by Crippen LogP contribution is 2.44. The maximum Gasteiger partial charge on any atom is 0.303 e. The number of benzene rings is 5. The molecule has 0 bridgehead atoms. The monoisotopic (exact) mass is 957 g/mol. The molecule has 1 heterocycles. The largest absolute Gasteiger partial charge is 0.481 e. The summed E-state index contributed by atoms with van der Waals surface area (Å²) in [5, 5.41) is 11.8. The van der Waals surface area contributed by atoms with Gasteiger partial charge in [-0.05, 0) is 78.4 Å². The Bertz CT molecular complexity index is 3280. The standard InChI is InChI=1S/C41H39N3O16S4/c1-44(20-4-7-39(45)46)41(47)30-6-3-2-5-29(30)40-31-21-37(63(54,55)56)33(42-18-16-25-8-12-27(13-9-25)61(48,49)50)23-35(31)60-36-24-34(38(22-32(36)40)64(57,58)59)43-19-17-26-10-14-28(15-11-26)62(51,52)53/h2-3,5-6,8-15,21-24,42H,4,7,16-20H2,1H3,(H,45,46)(H,48,49,50)(H,51,52,53)(H,54,55,56)(H,57,58,59)/b43-34+. The van der Waals surface area contributed by atoms with E-state index in [1.54, 1.807) is 6.07 Å². The first kappa shape index (κ1) is 47.4. The van der Waals surface area contributed by atoms with Crippen LogP contribution in [-0.2, 0) is 58.1 Å². The van der Waals surface area contributed by atoms with Gasteiger partial charge in [-0.1, -0.05) is 42.5 Å². The minimum Gasteiger partial charge on any atom is -0.481 e. The van der Waals surface area contributed by atoms with Crippen molar-refractivity contribution in [2.45, 2.75) is 45.3 Å². The molecule has 2 aliphatic rings. The summed E-state index contributed by atoms with van der Waals surface area (Å²) in [7, 11) is -17.6. The van der Waals surface area contributed by atoms with Gasteiger partial charge < -0.3 is 19.7 Å². The first-order valence-corrected chi connectivity index (χ1v) is 24.7. The zero-order valence-electron chi connectivity index (χ0n) is 33.4. The first-order chi connectivity index (χ1) is 29.9. The Morgan fingerprint density at radius 3 is 1.83 bits per heavy atom. The molecule has 23 heteroatoms. The second kappa shape index (κ2) is 18.6. The Morgan fingerprint density at radius 1 is 0.688 bits per heavy atom. The summed E-state index contributed by atoms with van der Waals surface area (Å²) in [5.74, 6) is -1.72. The normalized spacial score (nSPS) is 12.7. The van der Waals surface area contributed by atoms with Gasteiger partial charge in [0.05, 0.1) is 20.8 Å². The van der Waals surface area contributed by atoms with Crippen molar-refractivity contribution < 1.29 is 71.0 Å². The van der Waals surface area contributed by atoms with E-state index in [-0.39, 0.29) is 105 Å². The number of carboxylic acid groups (broad SMARTS) is 1. The van der Waals surface area contributed by atoms with Crippen LogP contribution in [0.5, 0.6) is 0 Å². The van der Waals surface area contributed by atoms with Crippen molar-refractivity contribution in [3.63, 3.8) is 0 Å². The van der Waals surface area contributed by atoms with E-state index in [2.05, 4.69) is 10.3 Å². The number of aliphatic carboxylic acids is 1. The van der Waals surface area contributed by atoms with Crippen LogP contribution in [0.15, 0.2) is 126 Å². The van der Waals surface area contributed by atoms with Crippen molar-refractivity contribution in [3.05, 3.63) is 119 Å². The summed E-state index contributed by atoms with van der Waals surface area (Å²) in [6, 6.07) is 21.0. The fourth-order valence-electron chi connectivity index (χ4n) is 6.87. The van der Waals surface area contributed by atoms with Gasteiger partial charge in [0.2, 0.25) is 0 Å². The number of carbonyl (C=O) groups is 2. The smallest absolute Gasteiger partial charge is 0.303 e. The number of amides is 1. The van der Waals surface area contributed by atoms with Gasteiger partial charge >= 0.3 is 5.97 Å². The van der Waals surface area contributed by atoms with Gasteiger partial charge in [-0.15, -0.1) is 0 Å². The third-order valence-electron chi connectivity index (χ3n) is 9.97. The molecule has 6 N–H and O–H groups in total. The van der Waals surface area contributed by atoms with E-state index in [4.69, 9.17) is 9.52 Å². The van der Waals surface area contributed by atoms with E-state index >= 15 is 0 Å². The lowest BCUT2D eigenvalue weighted by atomic mass is 9.90. The molecular weight excluding hydrogens is 919 g/mol. The van der Waals surface area contributed by atoms with Crippen molar-refractivity contribution in [1.29, 1.82) is 0 Å². The molecule has 0 spiro atoms. The topological polar surface area (TPSA) is 313 Å². The zero-order valence-corrected chi connectivity index (χ0v) is 36.7. The molecule has 1 amide bonds. The molecule has 0 aromatic heterocycles. The molecule has 6 rings (SSSR count). The van der Waals surface area contributed by atoms with Crippen LogP contribution in [0.3, 0.4) is 0 Å². The third kappa shape index (κ3) is 11.2. The number of carbonyl (C=O) groups excluding carboxylic acids is 1. The number of fused-ring (bicyclic) bond motifs is 2. The van der Waals surface area contributed by atoms with E-state index in [0.717, 1.165) is 12.1 Å². The molecule has 1 aliphatic heterocycles. The van der Waals surface area contributed by atoms with Crippen LogP contribution in [0.4, 0.5) is 5.69 Å². The Hall–Kier alpha value is -6.05. The van der Waals surface area contributed by atoms with Crippen LogP contribution in [0.1, 0.15) is 34.3 Å². The third-order valence-corrected chi connectivity index (χ3v) is 13.5. The molecule has 19 nitrogen and oxygen atoms in total. The van der Waals surface area contributed by atoms with Gasteiger partial charge in [0.1, 0.15) is 21.1 Å². The molecule has 338 valence electrons. The minimum atomic E-state index is -5.07. The van der Waals surface area contributed by atoms with Crippen molar-refractivity contribution in [2.75, 3.05) is 32.0 Å². The SMILES string of the molecule is CN(CCCC(=O)O)C(=O)c1ccccc1-c1c2cc(S(=O)(=O)O)/c(=N/CCc3ccc(S(=O)(=O)O)cc3)cc-2oc2cc(NCCc3ccc(S(=O)(=O)O)cc3)c(S(=O)(=O)O)cc12. The lowest BCUT2D eigenvalue weighted by Crippen LogP contribution is -2.28. The molecule has 0 atom stereocenters. The predicted octanol–water partition coefficient (Wildman–Crippen LogP) is 4.93. The summed E-state index contributed by atoms with van der Waals surface area (Å²) in [6.07, 6.45) is 0.218. The highest BCUT2D eigenvalue weighted by molar-refractivity contribution is 7.86. The number of anilines is 1. The Kier molecular flexibility index (Phi) is 13.8. The molecule has 0 fully saturated rings. The van der Waals surface area contributed by atoms with Crippen molar-refractivity contribution >= 4 is 69.0 Å². The van der Waals surface area contributed by atoms with Crippen LogP contribution >= 0.6 is 0 Å². The number of hydrogen-bond donors (Lipinski definition) is 6. The maximum absolute atomic E-state index is 14.0. The molecule has 0 radical (unpaired) electrons. The summed E-state index contributed by atoms with van der Waals surface area (Å²) in [6.45, 7) is -0.0553. The van der Waals surface area contributed by atoms with Gasteiger partial charge in [-0.3, -0.25) is 32.8 Å². The molecule has 4 aromatic rings. The molecular formula is C41H39N3O16S4. The Morgan fingerprint density at radius 2 is 1.27 bits per heavy atom. The second-order valence-electron chi connectivity index (χ2n) is 14.4. The van der Waals surface area contributed by atoms with Crippen LogP contribution in [0.2, 0.25) is 0 Å². The van der Waals surface area contributed by atoms with Gasteiger partial charge in [0.25, 0.3) is 46.4 Å².